The molecular weight excluding hydrogens is 272 g/mol. The predicted molar refractivity (Wildman–Crippen MR) is 81.5 cm³/mol. The summed E-state index contributed by atoms with van der Waals surface area (Å²) in [5, 5.41) is 3.46. The van der Waals surface area contributed by atoms with Gasteiger partial charge >= 0.3 is 6.03 Å². The van der Waals surface area contributed by atoms with Gasteiger partial charge in [-0.3, -0.25) is 5.32 Å². The van der Waals surface area contributed by atoms with Gasteiger partial charge in [-0.15, -0.1) is 11.3 Å². The van der Waals surface area contributed by atoms with Crippen LogP contribution in [0.5, 0.6) is 5.75 Å². The third-order valence-corrected chi connectivity index (χ3v) is 4.50. The summed E-state index contributed by atoms with van der Waals surface area (Å²) in [7, 11) is 0. The van der Waals surface area contributed by atoms with Gasteiger partial charge in [-0.25, -0.2) is 4.79 Å². The number of ether oxygens (including phenoxy) is 1. The van der Waals surface area contributed by atoms with Crippen molar-refractivity contribution >= 4 is 22.4 Å². The minimum absolute atomic E-state index is 0.521. The second kappa shape index (κ2) is 5.17. The number of fused-ring (bicyclic) bond motifs is 3. The maximum absolute atomic E-state index is 11.0. The summed E-state index contributed by atoms with van der Waals surface area (Å²) in [6.45, 7) is 2.66. The minimum atomic E-state index is -0.521. The summed E-state index contributed by atoms with van der Waals surface area (Å²) in [5.74, 6) is 0.966. The number of nitrogens with two attached hydrogens (primary N) is 1. The monoisotopic (exact) mass is 288 g/mol. The maximum Gasteiger partial charge on any atom is 0.317 e. The van der Waals surface area contributed by atoms with Gasteiger partial charge in [0, 0.05) is 10.4 Å². The SMILES string of the molecule is CCOc1cccc2c1CCc1cc(NC(N)=O)sc1-2. The summed E-state index contributed by atoms with van der Waals surface area (Å²) >= 11 is 1.57. The first-order valence-corrected chi connectivity index (χ1v) is 7.45. The lowest BCUT2D eigenvalue weighted by molar-refractivity contribution is 0.259. The van der Waals surface area contributed by atoms with E-state index in [2.05, 4.69) is 11.4 Å². The van der Waals surface area contributed by atoms with E-state index < -0.39 is 6.03 Å². The lowest BCUT2D eigenvalue weighted by Gasteiger charge is -2.19. The van der Waals surface area contributed by atoms with Crippen LogP contribution in [-0.4, -0.2) is 12.6 Å². The molecule has 3 N–H and O–H groups in total. The molecule has 1 aromatic heterocycles. The van der Waals surface area contributed by atoms with Crippen molar-refractivity contribution in [3.63, 3.8) is 0 Å². The average molecular weight is 288 g/mol. The molecule has 0 radical (unpaired) electrons. The quantitative estimate of drug-likeness (QED) is 0.909. The Morgan fingerprint density at radius 1 is 1.45 bits per heavy atom. The molecule has 3 rings (SSSR count). The number of nitrogens with one attached hydrogen (secondary N) is 1. The Labute approximate surface area is 121 Å². The fourth-order valence-corrected chi connectivity index (χ4v) is 3.78. The van der Waals surface area contributed by atoms with Gasteiger partial charge in [0.1, 0.15) is 5.75 Å². The number of aryl methyl sites for hydroxylation is 1. The van der Waals surface area contributed by atoms with Crippen molar-refractivity contribution < 1.29 is 9.53 Å². The molecule has 1 aliphatic rings. The molecule has 0 spiro atoms. The highest BCUT2D eigenvalue weighted by Gasteiger charge is 2.22. The fraction of sp³-hybridized carbons (Fsp3) is 0.267. The number of benzene rings is 1. The molecule has 4 nitrogen and oxygen atoms in total. The maximum atomic E-state index is 11.0. The van der Waals surface area contributed by atoms with Crippen LogP contribution in [0.3, 0.4) is 0 Å². The van der Waals surface area contributed by atoms with E-state index in [-0.39, 0.29) is 0 Å². The zero-order valence-corrected chi connectivity index (χ0v) is 12.0. The molecule has 1 heterocycles. The van der Waals surface area contributed by atoms with Crippen LogP contribution in [0.2, 0.25) is 0 Å². The minimum Gasteiger partial charge on any atom is -0.494 e. The van der Waals surface area contributed by atoms with E-state index >= 15 is 0 Å². The third-order valence-electron chi connectivity index (χ3n) is 3.38. The van der Waals surface area contributed by atoms with Gasteiger partial charge in [0.2, 0.25) is 0 Å². The largest absolute Gasteiger partial charge is 0.494 e. The average Bonchev–Trinajstić information content (AvgIpc) is 2.81. The highest BCUT2D eigenvalue weighted by molar-refractivity contribution is 7.19. The smallest absolute Gasteiger partial charge is 0.317 e. The molecule has 5 heteroatoms. The number of amides is 2. The lowest BCUT2D eigenvalue weighted by Crippen LogP contribution is -2.18. The molecule has 2 aromatic rings. The Balaban J connectivity index is 2.04. The van der Waals surface area contributed by atoms with Crippen LogP contribution in [0.15, 0.2) is 24.3 Å². The van der Waals surface area contributed by atoms with E-state index in [4.69, 9.17) is 10.5 Å². The van der Waals surface area contributed by atoms with Crippen LogP contribution in [-0.2, 0) is 12.8 Å². The van der Waals surface area contributed by atoms with Crippen LogP contribution in [0, 0.1) is 0 Å². The zero-order chi connectivity index (χ0) is 14.1. The van der Waals surface area contributed by atoms with Gasteiger partial charge in [0.25, 0.3) is 0 Å². The van der Waals surface area contributed by atoms with Crippen LogP contribution in [0.4, 0.5) is 9.80 Å². The highest BCUT2D eigenvalue weighted by atomic mass is 32.1. The first-order valence-electron chi connectivity index (χ1n) is 6.63. The number of urea groups is 1. The van der Waals surface area contributed by atoms with Gasteiger partial charge in [0.15, 0.2) is 0 Å². The van der Waals surface area contributed by atoms with Crippen molar-refractivity contribution in [2.45, 2.75) is 19.8 Å². The molecule has 0 atom stereocenters. The summed E-state index contributed by atoms with van der Waals surface area (Å²) in [5.41, 5.74) is 8.91. The van der Waals surface area contributed by atoms with E-state index in [9.17, 15) is 4.79 Å². The molecule has 2 amide bonds. The predicted octanol–water partition coefficient (Wildman–Crippen LogP) is 3.40. The molecule has 0 fully saturated rings. The van der Waals surface area contributed by atoms with Gasteiger partial charge in [-0.1, -0.05) is 12.1 Å². The molecule has 0 saturated carbocycles. The highest BCUT2D eigenvalue weighted by Crippen LogP contribution is 2.44. The first kappa shape index (κ1) is 13.0. The molecule has 0 unspecified atom stereocenters. The molecule has 1 aliphatic carbocycles. The number of anilines is 1. The standard InChI is InChI=1S/C15H16N2O2S/c1-2-19-12-5-3-4-11-10(12)7-6-9-8-13(17-15(16)18)20-14(9)11/h3-5,8H,2,6-7H2,1H3,(H3,16,17,18). The lowest BCUT2D eigenvalue weighted by atomic mass is 9.91. The number of rotatable bonds is 3. The summed E-state index contributed by atoms with van der Waals surface area (Å²) < 4.78 is 5.71. The van der Waals surface area contributed by atoms with E-state index in [0.717, 1.165) is 23.6 Å². The first-order chi connectivity index (χ1) is 9.69. The Morgan fingerprint density at radius 2 is 2.30 bits per heavy atom. The second-order valence-electron chi connectivity index (χ2n) is 4.67. The summed E-state index contributed by atoms with van der Waals surface area (Å²) in [6, 6.07) is 7.64. The van der Waals surface area contributed by atoms with Crippen molar-refractivity contribution in [3.05, 3.63) is 35.4 Å². The molecule has 0 aliphatic heterocycles. The van der Waals surface area contributed by atoms with E-state index in [1.54, 1.807) is 11.3 Å². The van der Waals surface area contributed by atoms with Gasteiger partial charge in [-0.2, -0.15) is 0 Å². The van der Waals surface area contributed by atoms with Crippen LogP contribution in [0.25, 0.3) is 10.4 Å². The van der Waals surface area contributed by atoms with Crippen LogP contribution >= 0.6 is 11.3 Å². The van der Waals surface area contributed by atoms with Gasteiger partial charge in [0.05, 0.1) is 11.6 Å². The molecule has 0 bridgehead atoms. The number of hydrogen-bond donors (Lipinski definition) is 2. The Hall–Kier alpha value is -2.01. The van der Waals surface area contributed by atoms with E-state index in [1.165, 1.54) is 21.6 Å². The zero-order valence-electron chi connectivity index (χ0n) is 11.2. The van der Waals surface area contributed by atoms with Crippen LogP contribution in [0.1, 0.15) is 18.1 Å². The van der Waals surface area contributed by atoms with Gasteiger partial charge in [-0.05, 0) is 43.0 Å². The van der Waals surface area contributed by atoms with Crippen molar-refractivity contribution in [2.24, 2.45) is 5.73 Å². The number of primary amides is 1. The number of carbonyl (C=O) groups excluding carboxylic acids is 1. The molecule has 0 saturated heterocycles. The number of thiophene rings is 1. The summed E-state index contributed by atoms with van der Waals surface area (Å²) in [6.07, 6.45) is 1.93. The molecular formula is C15H16N2O2S. The number of hydrogen-bond acceptors (Lipinski definition) is 3. The Kier molecular flexibility index (Phi) is 3.36. The third kappa shape index (κ3) is 2.25. The van der Waals surface area contributed by atoms with E-state index in [0.29, 0.717) is 6.61 Å². The fourth-order valence-electron chi connectivity index (χ4n) is 2.61. The van der Waals surface area contributed by atoms with Crippen LogP contribution < -0.4 is 15.8 Å². The Bertz CT molecular complexity index is 664. The Morgan fingerprint density at radius 3 is 3.05 bits per heavy atom. The van der Waals surface area contributed by atoms with Gasteiger partial charge < -0.3 is 10.5 Å². The topological polar surface area (TPSA) is 64.3 Å². The van der Waals surface area contributed by atoms with Crippen molar-refractivity contribution in [1.29, 1.82) is 0 Å². The number of carbonyl (C=O) groups is 1. The second-order valence-corrected chi connectivity index (χ2v) is 5.72. The van der Waals surface area contributed by atoms with Crippen molar-refractivity contribution in [2.75, 3.05) is 11.9 Å². The van der Waals surface area contributed by atoms with E-state index in [1.807, 2.05) is 25.1 Å². The molecule has 1 aromatic carbocycles. The summed E-state index contributed by atoms with van der Waals surface area (Å²) in [4.78, 5) is 12.2. The molecule has 20 heavy (non-hydrogen) atoms. The van der Waals surface area contributed by atoms with Crippen molar-refractivity contribution in [3.8, 4) is 16.2 Å². The molecule has 104 valence electrons. The normalized spacial score (nSPS) is 12.4. The van der Waals surface area contributed by atoms with Crippen molar-refractivity contribution in [1.82, 2.24) is 0 Å².